The largest absolute Gasteiger partial charge is 0.330 e. The fourth-order valence-corrected chi connectivity index (χ4v) is 1.97. The van der Waals surface area contributed by atoms with Gasteiger partial charge in [-0.25, -0.2) is 4.39 Å². The Hall–Kier alpha value is -0.930. The topological polar surface area (TPSA) is 29.3 Å². The van der Waals surface area contributed by atoms with Gasteiger partial charge in [-0.2, -0.15) is 0 Å². The summed E-state index contributed by atoms with van der Waals surface area (Å²) in [6, 6.07) is 6.75. The van der Waals surface area contributed by atoms with Crippen LogP contribution < -0.4 is 5.73 Å². The van der Waals surface area contributed by atoms with Crippen molar-refractivity contribution in [2.45, 2.75) is 19.8 Å². The Bertz CT molecular complexity index is 311. The van der Waals surface area contributed by atoms with Gasteiger partial charge in [-0.15, -0.1) is 0 Å². The molecule has 1 atom stereocenters. The number of hydrogen-bond acceptors (Lipinski definition) is 2. The Morgan fingerprint density at radius 3 is 2.53 bits per heavy atom. The highest BCUT2D eigenvalue weighted by molar-refractivity contribution is 5.16. The van der Waals surface area contributed by atoms with E-state index in [0.717, 1.165) is 32.5 Å². The summed E-state index contributed by atoms with van der Waals surface area (Å²) in [6.07, 6.45) is 2.03. The molecule has 0 aliphatic carbocycles. The Kier molecular flexibility index (Phi) is 6.16. The van der Waals surface area contributed by atoms with Crippen LogP contribution in [0.3, 0.4) is 0 Å². The lowest BCUT2D eigenvalue weighted by Crippen LogP contribution is -2.27. The Morgan fingerprint density at radius 1 is 1.29 bits per heavy atom. The van der Waals surface area contributed by atoms with Gasteiger partial charge in [-0.3, -0.25) is 0 Å². The van der Waals surface area contributed by atoms with Crippen LogP contribution in [-0.4, -0.2) is 31.6 Å². The molecule has 0 aromatic heterocycles. The summed E-state index contributed by atoms with van der Waals surface area (Å²) in [4.78, 5) is 2.31. The van der Waals surface area contributed by atoms with E-state index < -0.39 is 0 Å². The van der Waals surface area contributed by atoms with Crippen LogP contribution in [0.15, 0.2) is 24.3 Å². The molecule has 1 unspecified atom stereocenters. The smallest absolute Gasteiger partial charge is 0.123 e. The fraction of sp³-hybridized carbons (Fsp3) is 0.571. The molecular formula is C14H23FN2. The number of nitrogens with two attached hydrogens (primary N) is 1. The maximum Gasteiger partial charge on any atom is 0.123 e. The van der Waals surface area contributed by atoms with E-state index in [9.17, 15) is 4.39 Å². The van der Waals surface area contributed by atoms with Gasteiger partial charge in [0.2, 0.25) is 0 Å². The van der Waals surface area contributed by atoms with Gasteiger partial charge < -0.3 is 10.6 Å². The first-order valence-corrected chi connectivity index (χ1v) is 6.25. The number of benzene rings is 1. The Labute approximate surface area is 104 Å². The van der Waals surface area contributed by atoms with Crippen LogP contribution in [0.4, 0.5) is 4.39 Å². The second kappa shape index (κ2) is 7.41. The minimum absolute atomic E-state index is 0.168. The lowest BCUT2D eigenvalue weighted by molar-refractivity contribution is 0.283. The lowest BCUT2D eigenvalue weighted by atomic mass is 10.1. The summed E-state index contributed by atoms with van der Waals surface area (Å²) in [6.45, 7) is 5.05. The molecule has 0 aliphatic rings. The molecule has 3 heteroatoms. The predicted octanol–water partition coefficient (Wildman–Crippen LogP) is 2.28. The summed E-state index contributed by atoms with van der Waals surface area (Å²) in [5, 5.41) is 0. The number of nitrogens with zero attached hydrogens (tertiary/aromatic N) is 1. The third-order valence-electron chi connectivity index (χ3n) is 2.98. The lowest BCUT2D eigenvalue weighted by Gasteiger charge is -2.20. The highest BCUT2D eigenvalue weighted by Gasteiger charge is 2.05. The molecule has 1 aromatic carbocycles. The molecule has 0 fully saturated rings. The molecule has 17 heavy (non-hydrogen) atoms. The van der Waals surface area contributed by atoms with Gasteiger partial charge in [0.05, 0.1) is 0 Å². The third-order valence-corrected chi connectivity index (χ3v) is 2.98. The highest BCUT2D eigenvalue weighted by atomic mass is 19.1. The molecule has 0 aliphatic heterocycles. The van der Waals surface area contributed by atoms with Crippen LogP contribution in [-0.2, 0) is 6.42 Å². The quantitative estimate of drug-likeness (QED) is 0.789. The molecule has 2 N–H and O–H groups in total. The Morgan fingerprint density at radius 2 is 1.94 bits per heavy atom. The summed E-state index contributed by atoms with van der Waals surface area (Å²) >= 11 is 0. The van der Waals surface area contributed by atoms with Crippen molar-refractivity contribution < 1.29 is 4.39 Å². The van der Waals surface area contributed by atoms with Gasteiger partial charge in [-0.05, 0) is 50.0 Å². The highest BCUT2D eigenvalue weighted by Crippen LogP contribution is 2.06. The zero-order valence-electron chi connectivity index (χ0n) is 10.8. The van der Waals surface area contributed by atoms with Crippen LogP contribution >= 0.6 is 0 Å². The molecule has 96 valence electrons. The van der Waals surface area contributed by atoms with Crippen molar-refractivity contribution in [2.75, 3.05) is 26.7 Å². The summed E-state index contributed by atoms with van der Waals surface area (Å²) in [5.74, 6) is 0.469. The van der Waals surface area contributed by atoms with Gasteiger partial charge in [0.1, 0.15) is 5.82 Å². The van der Waals surface area contributed by atoms with E-state index in [1.54, 1.807) is 0 Å². The first-order valence-electron chi connectivity index (χ1n) is 6.25. The van der Waals surface area contributed by atoms with Crippen molar-refractivity contribution in [3.05, 3.63) is 35.6 Å². The summed E-state index contributed by atoms with van der Waals surface area (Å²) in [5.41, 5.74) is 6.72. The number of rotatable bonds is 7. The fourth-order valence-electron chi connectivity index (χ4n) is 1.97. The predicted molar refractivity (Wildman–Crippen MR) is 70.4 cm³/mol. The first-order chi connectivity index (χ1) is 8.11. The molecule has 1 aromatic rings. The number of halogens is 1. The molecule has 0 saturated heterocycles. The van der Waals surface area contributed by atoms with E-state index in [-0.39, 0.29) is 5.82 Å². The molecular weight excluding hydrogens is 215 g/mol. The SMILES string of the molecule is CC(CCN)CN(C)CCc1ccc(F)cc1. The zero-order chi connectivity index (χ0) is 12.7. The van der Waals surface area contributed by atoms with Gasteiger partial charge in [0, 0.05) is 13.1 Å². The third kappa shape index (κ3) is 5.80. The van der Waals surface area contributed by atoms with Crippen molar-refractivity contribution in [1.82, 2.24) is 4.90 Å². The monoisotopic (exact) mass is 238 g/mol. The van der Waals surface area contributed by atoms with Gasteiger partial charge in [-0.1, -0.05) is 19.1 Å². The molecule has 0 spiro atoms. The molecule has 1 rings (SSSR count). The standard InChI is InChI=1S/C14H23FN2/c1-12(7-9-16)11-17(2)10-8-13-3-5-14(15)6-4-13/h3-6,12H,7-11,16H2,1-2H3. The summed E-state index contributed by atoms with van der Waals surface area (Å²) < 4.78 is 12.7. The van der Waals surface area contributed by atoms with Crippen LogP contribution in [0.25, 0.3) is 0 Å². The average Bonchev–Trinajstić information content (AvgIpc) is 2.28. The molecule has 0 saturated carbocycles. The van der Waals surface area contributed by atoms with Crippen molar-refractivity contribution in [3.63, 3.8) is 0 Å². The van der Waals surface area contributed by atoms with Crippen molar-refractivity contribution in [2.24, 2.45) is 11.7 Å². The van der Waals surface area contributed by atoms with Crippen LogP contribution in [0.5, 0.6) is 0 Å². The van der Waals surface area contributed by atoms with Gasteiger partial charge >= 0.3 is 0 Å². The van der Waals surface area contributed by atoms with Gasteiger partial charge in [0.25, 0.3) is 0 Å². The van der Waals surface area contributed by atoms with E-state index >= 15 is 0 Å². The molecule has 0 heterocycles. The average molecular weight is 238 g/mol. The minimum atomic E-state index is -0.168. The normalized spacial score (nSPS) is 13.0. The van der Waals surface area contributed by atoms with Crippen molar-refractivity contribution >= 4 is 0 Å². The maximum atomic E-state index is 12.7. The zero-order valence-corrected chi connectivity index (χ0v) is 10.8. The second-order valence-corrected chi connectivity index (χ2v) is 4.82. The molecule has 0 amide bonds. The van der Waals surface area contributed by atoms with E-state index in [0.29, 0.717) is 5.92 Å². The molecule has 0 radical (unpaired) electrons. The maximum absolute atomic E-state index is 12.7. The first kappa shape index (κ1) is 14.1. The van der Waals surface area contributed by atoms with Crippen LogP contribution in [0.1, 0.15) is 18.9 Å². The van der Waals surface area contributed by atoms with Crippen LogP contribution in [0.2, 0.25) is 0 Å². The second-order valence-electron chi connectivity index (χ2n) is 4.82. The Balaban J connectivity index is 2.27. The molecule has 2 nitrogen and oxygen atoms in total. The number of hydrogen-bond donors (Lipinski definition) is 1. The molecule has 0 bridgehead atoms. The van der Waals surface area contributed by atoms with Crippen molar-refractivity contribution in [3.8, 4) is 0 Å². The summed E-state index contributed by atoms with van der Waals surface area (Å²) in [7, 11) is 2.12. The van der Waals surface area contributed by atoms with E-state index in [2.05, 4.69) is 18.9 Å². The number of likely N-dealkylation sites (N-methyl/N-ethyl adjacent to an activating group) is 1. The van der Waals surface area contributed by atoms with Gasteiger partial charge in [0.15, 0.2) is 0 Å². The van der Waals surface area contributed by atoms with E-state index in [1.165, 1.54) is 17.7 Å². The van der Waals surface area contributed by atoms with E-state index in [1.807, 2.05) is 12.1 Å². The van der Waals surface area contributed by atoms with E-state index in [4.69, 9.17) is 5.73 Å². The minimum Gasteiger partial charge on any atom is -0.330 e. The van der Waals surface area contributed by atoms with Crippen LogP contribution in [0, 0.1) is 11.7 Å². The van der Waals surface area contributed by atoms with Crippen molar-refractivity contribution in [1.29, 1.82) is 0 Å².